The van der Waals surface area contributed by atoms with Gasteiger partial charge in [0.05, 0.1) is 6.54 Å². The average molecular weight is 341 g/mol. The predicted molar refractivity (Wildman–Crippen MR) is 90.8 cm³/mol. The van der Waals surface area contributed by atoms with Gasteiger partial charge in [-0.25, -0.2) is 4.79 Å². The number of carbonyl (C=O) groups excluding carboxylic acids is 1. The first-order valence-electron chi connectivity index (χ1n) is 8.32. The van der Waals surface area contributed by atoms with Gasteiger partial charge in [0, 0.05) is 24.2 Å². The van der Waals surface area contributed by atoms with E-state index in [-0.39, 0.29) is 18.0 Å². The molecule has 0 bridgehead atoms. The summed E-state index contributed by atoms with van der Waals surface area (Å²) in [6.07, 6.45) is 0.418. The monoisotopic (exact) mass is 341 g/mol. The van der Waals surface area contributed by atoms with Crippen molar-refractivity contribution in [3.05, 3.63) is 60.9 Å². The minimum absolute atomic E-state index is 0.113. The molecule has 2 aliphatic rings. The third-order valence-corrected chi connectivity index (χ3v) is 5.05. The summed E-state index contributed by atoms with van der Waals surface area (Å²) in [5, 5.41) is 0. The summed E-state index contributed by atoms with van der Waals surface area (Å²) in [7, 11) is 0. The molecule has 0 fully saturated rings. The van der Waals surface area contributed by atoms with Crippen LogP contribution in [0.2, 0.25) is 0 Å². The molecule has 0 saturated heterocycles. The van der Waals surface area contributed by atoms with Gasteiger partial charge in [0.1, 0.15) is 5.75 Å². The molecule has 0 saturated carbocycles. The number of hydrogen-bond acceptors (Lipinski definition) is 4. The fraction of sp³-hybridized carbons (Fsp3) is 0.389. The molecule has 1 unspecified atom stereocenters. The SMILES string of the molecule is Cc1cc2c(cc1C)OC(C(=O)N1CCc3c([nH]c(=O)[nH]c3=O)C1)C2. The molecule has 1 atom stereocenters. The largest absolute Gasteiger partial charge is 0.480 e. The fourth-order valence-electron chi connectivity index (χ4n) is 3.52. The van der Waals surface area contributed by atoms with Crippen LogP contribution in [-0.4, -0.2) is 33.4 Å². The summed E-state index contributed by atoms with van der Waals surface area (Å²) < 4.78 is 5.86. The molecule has 3 heterocycles. The number of benzene rings is 1. The van der Waals surface area contributed by atoms with Crippen LogP contribution in [-0.2, 0) is 24.2 Å². The molecule has 2 aliphatic heterocycles. The van der Waals surface area contributed by atoms with Gasteiger partial charge >= 0.3 is 5.69 Å². The molecule has 7 nitrogen and oxygen atoms in total. The lowest BCUT2D eigenvalue weighted by Crippen LogP contribution is -2.46. The number of aryl methyl sites for hydroxylation is 2. The van der Waals surface area contributed by atoms with Crippen LogP contribution in [0.3, 0.4) is 0 Å². The summed E-state index contributed by atoms with van der Waals surface area (Å²) in [4.78, 5) is 42.6. The Labute approximate surface area is 143 Å². The molecule has 1 aromatic carbocycles. The van der Waals surface area contributed by atoms with E-state index in [9.17, 15) is 14.4 Å². The second kappa shape index (κ2) is 5.61. The van der Waals surface area contributed by atoms with Crippen LogP contribution in [0.5, 0.6) is 5.75 Å². The van der Waals surface area contributed by atoms with E-state index in [1.165, 1.54) is 5.56 Å². The van der Waals surface area contributed by atoms with Gasteiger partial charge < -0.3 is 14.6 Å². The standard InChI is InChI=1S/C18H19N3O4/c1-9-5-11-7-15(25-14(11)6-10(9)2)17(23)21-4-3-12-13(8-21)19-18(24)20-16(12)22/h5-6,15H,3-4,7-8H2,1-2H3,(H2,19,20,22,24). The van der Waals surface area contributed by atoms with Gasteiger partial charge in [-0.2, -0.15) is 0 Å². The van der Waals surface area contributed by atoms with Crippen LogP contribution in [0, 0.1) is 13.8 Å². The van der Waals surface area contributed by atoms with E-state index in [1.54, 1.807) is 4.90 Å². The lowest BCUT2D eigenvalue weighted by molar-refractivity contribution is -0.139. The third-order valence-electron chi connectivity index (χ3n) is 5.05. The van der Waals surface area contributed by atoms with Crippen molar-refractivity contribution in [2.24, 2.45) is 0 Å². The first kappa shape index (κ1) is 15.7. The number of hydrogen-bond donors (Lipinski definition) is 2. The third kappa shape index (κ3) is 2.65. The van der Waals surface area contributed by atoms with Crippen molar-refractivity contribution in [1.29, 1.82) is 0 Å². The zero-order valence-corrected chi connectivity index (χ0v) is 14.1. The molecule has 0 aliphatic carbocycles. The number of aromatic nitrogens is 2. The smallest absolute Gasteiger partial charge is 0.325 e. The van der Waals surface area contributed by atoms with E-state index in [4.69, 9.17) is 4.74 Å². The summed E-state index contributed by atoms with van der Waals surface area (Å²) in [6, 6.07) is 4.04. The number of fused-ring (bicyclic) bond motifs is 2. The molecule has 1 aromatic heterocycles. The second-order valence-electron chi connectivity index (χ2n) is 6.73. The van der Waals surface area contributed by atoms with E-state index in [1.807, 2.05) is 19.9 Å². The summed E-state index contributed by atoms with van der Waals surface area (Å²) in [5.74, 6) is 0.655. The number of carbonyl (C=O) groups is 1. The molecule has 0 radical (unpaired) electrons. The van der Waals surface area contributed by atoms with Crippen LogP contribution in [0.25, 0.3) is 0 Å². The van der Waals surface area contributed by atoms with Gasteiger partial charge in [0.25, 0.3) is 11.5 Å². The highest BCUT2D eigenvalue weighted by Gasteiger charge is 2.34. The zero-order valence-electron chi connectivity index (χ0n) is 14.1. The van der Waals surface area contributed by atoms with Gasteiger partial charge in [0.15, 0.2) is 6.10 Å². The van der Waals surface area contributed by atoms with Crippen molar-refractivity contribution in [3.63, 3.8) is 0 Å². The van der Waals surface area contributed by atoms with E-state index >= 15 is 0 Å². The minimum Gasteiger partial charge on any atom is -0.480 e. The number of H-pyrrole nitrogens is 2. The Morgan fingerprint density at radius 1 is 1.20 bits per heavy atom. The van der Waals surface area contributed by atoms with Gasteiger partial charge in [-0.05, 0) is 43.0 Å². The first-order valence-corrected chi connectivity index (χ1v) is 8.32. The molecule has 25 heavy (non-hydrogen) atoms. The minimum atomic E-state index is -0.550. The molecule has 1 amide bonds. The Morgan fingerprint density at radius 3 is 2.76 bits per heavy atom. The quantitative estimate of drug-likeness (QED) is 0.793. The summed E-state index contributed by atoms with van der Waals surface area (Å²) in [6.45, 7) is 4.72. The molecule has 4 rings (SSSR count). The maximum absolute atomic E-state index is 12.8. The molecular formula is C18H19N3O4. The van der Waals surface area contributed by atoms with Crippen LogP contribution in [0.1, 0.15) is 27.9 Å². The van der Waals surface area contributed by atoms with E-state index in [0.717, 1.165) is 16.9 Å². The van der Waals surface area contributed by atoms with E-state index in [2.05, 4.69) is 16.0 Å². The summed E-state index contributed by atoms with van der Waals surface area (Å²) in [5.41, 5.74) is 3.49. The Kier molecular flexibility index (Phi) is 3.52. The molecule has 7 heteroatoms. The van der Waals surface area contributed by atoms with Crippen molar-refractivity contribution in [2.75, 3.05) is 6.54 Å². The maximum atomic E-state index is 12.8. The highest BCUT2D eigenvalue weighted by Crippen LogP contribution is 2.32. The van der Waals surface area contributed by atoms with Gasteiger partial charge in [-0.15, -0.1) is 0 Å². The van der Waals surface area contributed by atoms with Crippen molar-refractivity contribution < 1.29 is 9.53 Å². The van der Waals surface area contributed by atoms with Gasteiger partial charge in [-0.1, -0.05) is 6.07 Å². The van der Waals surface area contributed by atoms with Gasteiger partial charge in [-0.3, -0.25) is 14.6 Å². The summed E-state index contributed by atoms with van der Waals surface area (Å²) >= 11 is 0. The number of ether oxygens (including phenoxy) is 1. The average Bonchev–Trinajstić information content (AvgIpc) is 2.96. The Bertz CT molecular complexity index is 958. The maximum Gasteiger partial charge on any atom is 0.325 e. The topological polar surface area (TPSA) is 95.3 Å². The number of aromatic amines is 2. The molecule has 2 aromatic rings. The van der Waals surface area contributed by atoms with Crippen molar-refractivity contribution in [1.82, 2.24) is 14.9 Å². The van der Waals surface area contributed by atoms with Crippen molar-refractivity contribution in [2.45, 2.75) is 39.3 Å². The molecule has 0 spiro atoms. The van der Waals surface area contributed by atoms with Gasteiger partial charge in [0.2, 0.25) is 0 Å². The number of rotatable bonds is 1. The fourth-order valence-corrected chi connectivity index (χ4v) is 3.52. The predicted octanol–water partition coefficient (Wildman–Crippen LogP) is 0.568. The number of nitrogens with one attached hydrogen (secondary N) is 2. The van der Waals surface area contributed by atoms with Crippen LogP contribution in [0.15, 0.2) is 21.7 Å². The highest BCUT2D eigenvalue weighted by molar-refractivity contribution is 5.83. The molecule has 2 N–H and O–H groups in total. The lowest BCUT2D eigenvalue weighted by atomic mass is 10.0. The Balaban J connectivity index is 1.55. The zero-order chi connectivity index (χ0) is 17.7. The van der Waals surface area contributed by atoms with Crippen molar-refractivity contribution in [3.8, 4) is 5.75 Å². The lowest BCUT2D eigenvalue weighted by Gasteiger charge is -2.29. The molecular weight excluding hydrogens is 322 g/mol. The second-order valence-corrected chi connectivity index (χ2v) is 6.73. The Hall–Kier alpha value is -2.83. The first-order chi connectivity index (χ1) is 11.9. The van der Waals surface area contributed by atoms with Crippen molar-refractivity contribution >= 4 is 5.91 Å². The Morgan fingerprint density at radius 2 is 1.96 bits per heavy atom. The highest BCUT2D eigenvalue weighted by atomic mass is 16.5. The molecule has 130 valence electrons. The van der Waals surface area contributed by atoms with Crippen LogP contribution in [0.4, 0.5) is 0 Å². The normalized spacial score (nSPS) is 18.5. The number of nitrogens with zero attached hydrogens (tertiary/aromatic N) is 1. The van der Waals surface area contributed by atoms with E-state index in [0.29, 0.717) is 30.6 Å². The number of amides is 1. The van der Waals surface area contributed by atoms with Crippen LogP contribution < -0.4 is 16.0 Å². The van der Waals surface area contributed by atoms with E-state index < -0.39 is 11.8 Å². The van der Waals surface area contributed by atoms with Crippen LogP contribution >= 0.6 is 0 Å².